The van der Waals surface area contributed by atoms with E-state index in [0.29, 0.717) is 6.54 Å². The lowest BCUT2D eigenvalue weighted by molar-refractivity contribution is -0.124. The predicted octanol–water partition coefficient (Wildman–Crippen LogP) is 0.701. The molecule has 0 bridgehead atoms. The summed E-state index contributed by atoms with van der Waals surface area (Å²) >= 11 is 0. The van der Waals surface area contributed by atoms with Crippen molar-refractivity contribution in [2.45, 2.75) is 6.04 Å². The molecule has 18 heavy (non-hydrogen) atoms. The molecule has 0 radical (unpaired) electrons. The molecule has 1 aromatic carbocycles. The number of fused-ring (bicyclic) bond motifs is 1. The van der Waals surface area contributed by atoms with Gasteiger partial charge in [0.25, 0.3) is 0 Å². The van der Waals surface area contributed by atoms with Crippen LogP contribution in [0.5, 0.6) is 5.75 Å². The number of nitrogens with zero attached hydrogens (tertiary/aromatic N) is 1. The number of piperazine rings is 1. The molecule has 92 valence electrons. The van der Waals surface area contributed by atoms with E-state index in [1.165, 1.54) is 0 Å². The van der Waals surface area contributed by atoms with Crippen LogP contribution < -0.4 is 10.6 Å². The van der Waals surface area contributed by atoms with Crippen molar-refractivity contribution in [3.63, 3.8) is 0 Å². The van der Waals surface area contributed by atoms with Crippen molar-refractivity contribution in [2.24, 2.45) is 0 Å². The van der Waals surface area contributed by atoms with Gasteiger partial charge in [0.1, 0.15) is 11.8 Å². The highest BCUT2D eigenvalue weighted by atomic mass is 16.3. The van der Waals surface area contributed by atoms with Crippen molar-refractivity contribution in [3.05, 3.63) is 36.0 Å². The number of nitrogens with one attached hydrogen (secondary N) is 2. The van der Waals surface area contributed by atoms with Crippen LogP contribution in [0.2, 0.25) is 0 Å². The van der Waals surface area contributed by atoms with Crippen molar-refractivity contribution >= 4 is 16.8 Å². The molecule has 2 aromatic rings. The van der Waals surface area contributed by atoms with E-state index in [0.717, 1.165) is 23.0 Å². The summed E-state index contributed by atoms with van der Waals surface area (Å²) in [4.78, 5) is 16.0. The van der Waals surface area contributed by atoms with Crippen LogP contribution in [0, 0.1) is 0 Å². The predicted molar refractivity (Wildman–Crippen MR) is 67.2 cm³/mol. The standard InChI is InChI=1S/C13H13N3O2/c17-10-1-2-11-8(6-10)5-9(7-16-11)12-13(18)15-4-3-14-12/h1-2,5-7,12,14,17H,3-4H2,(H,15,18). The zero-order valence-corrected chi connectivity index (χ0v) is 9.68. The van der Waals surface area contributed by atoms with Gasteiger partial charge in [-0.3, -0.25) is 9.78 Å². The number of amides is 1. The van der Waals surface area contributed by atoms with Crippen LogP contribution >= 0.6 is 0 Å². The molecule has 1 unspecified atom stereocenters. The van der Waals surface area contributed by atoms with E-state index >= 15 is 0 Å². The van der Waals surface area contributed by atoms with E-state index in [-0.39, 0.29) is 17.7 Å². The van der Waals surface area contributed by atoms with Gasteiger partial charge in [0.15, 0.2) is 0 Å². The van der Waals surface area contributed by atoms with Gasteiger partial charge in [0, 0.05) is 24.7 Å². The van der Waals surface area contributed by atoms with Crippen LogP contribution in [-0.4, -0.2) is 29.1 Å². The third-order valence-electron chi connectivity index (χ3n) is 3.05. The van der Waals surface area contributed by atoms with E-state index in [1.54, 1.807) is 24.4 Å². The lowest BCUT2D eigenvalue weighted by Crippen LogP contribution is -2.47. The summed E-state index contributed by atoms with van der Waals surface area (Å²) in [7, 11) is 0. The maximum atomic E-state index is 11.7. The molecule has 1 fully saturated rings. The molecule has 1 aliphatic heterocycles. The first kappa shape index (κ1) is 11.0. The molecule has 1 aliphatic rings. The van der Waals surface area contributed by atoms with Crippen molar-refractivity contribution in [1.82, 2.24) is 15.6 Å². The Labute approximate surface area is 104 Å². The Morgan fingerprint density at radius 2 is 2.17 bits per heavy atom. The zero-order chi connectivity index (χ0) is 12.5. The van der Waals surface area contributed by atoms with E-state index in [4.69, 9.17) is 0 Å². The van der Waals surface area contributed by atoms with Crippen molar-refractivity contribution in [2.75, 3.05) is 13.1 Å². The molecule has 5 heteroatoms. The summed E-state index contributed by atoms with van der Waals surface area (Å²) in [5.41, 5.74) is 1.61. The second-order valence-electron chi connectivity index (χ2n) is 4.32. The minimum Gasteiger partial charge on any atom is -0.508 e. The summed E-state index contributed by atoms with van der Waals surface area (Å²) in [5.74, 6) is 0.157. The number of benzene rings is 1. The summed E-state index contributed by atoms with van der Waals surface area (Å²) < 4.78 is 0. The molecular formula is C13H13N3O2. The van der Waals surface area contributed by atoms with E-state index in [9.17, 15) is 9.90 Å². The Balaban J connectivity index is 2.04. The quantitative estimate of drug-likeness (QED) is 0.689. The highest BCUT2D eigenvalue weighted by Crippen LogP contribution is 2.22. The Hall–Kier alpha value is -2.14. The van der Waals surface area contributed by atoms with Crippen LogP contribution in [0.3, 0.4) is 0 Å². The maximum Gasteiger partial charge on any atom is 0.241 e. The molecule has 0 aliphatic carbocycles. The highest BCUT2D eigenvalue weighted by molar-refractivity contribution is 5.86. The molecule has 3 N–H and O–H groups in total. The Morgan fingerprint density at radius 3 is 3.00 bits per heavy atom. The van der Waals surface area contributed by atoms with Gasteiger partial charge in [-0.1, -0.05) is 0 Å². The number of phenols is 1. The third-order valence-corrected chi connectivity index (χ3v) is 3.05. The second kappa shape index (κ2) is 4.27. The number of pyridine rings is 1. The van der Waals surface area contributed by atoms with Gasteiger partial charge in [-0.25, -0.2) is 0 Å². The van der Waals surface area contributed by atoms with Gasteiger partial charge in [-0.15, -0.1) is 0 Å². The van der Waals surface area contributed by atoms with Crippen molar-refractivity contribution in [3.8, 4) is 5.75 Å². The Morgan fingerprint density at radius 1 is 1.28 bits per heavy atom. The number of phenolic OH excluding ortho intramolecular Hbond substituents is 1. The fourth-order valence-electron chi connectivity index (χ4n) is 2.16. The average molecular weight is 243 g/mol. The number of hydrogen-bond acceptors (Lipinski definition) is 4. The van der Waals surface area contributed by atoms with Gasteiger partial charge in [-0.05, 0) is 29.8 Å². The minimum absolute atomic E-state index is 0.0393. The molecule has 1 atom stereocenters. The molecule has 2 heterocycles. The van der Waals surface area contributed by atoms with Crippen LogP contribution in [0.4, 0.5) is 0 Å². The van der Waals surface area contributed by atoms with Crippen LogP contribution in [0.15, 0.2) is 30.5 Å². The lowest BCUT2D eigenvalue weighted by atomic mass is 10.0. The smallest absolute Gasteiger partial charge is 0.241 e. The van der Waals surface area contributed by atoms with Crippen molar-refractivity contribution < 1.29 is 9.90 Å². The number of aromatic hydroxyl groups is 1. The Kier molecular flexibility index (Phi) is 2.60. The fourth-order valence-corrected chi connectivity index (χ4v) is 2.16. The molecule has 0 spiro atoms. The van der Waals surface area contributed by atoms with E-state index < -0.39 is 0 Å². The van der Waals surface area contributed by atoms with Gasteiger partial charge in [0.2, 0.25) is 5.91 Å². The summed E-state index contributed by atoms with van der Waals surface area (Å²) in [6.07, 6.45) is 1.70. The first-order valence-electron chi connectivity index (χ1n) is 5.84. The number of rotatable bonds is 1. The van der Waals surface area contributed by atoms with Crippen LogP contribution in [0.25, 0.3) is 10.9 Å². The van der Waals surface area contributed by atoms with Gasteiger partial charge < -0.3 is 15.7 Å². The Bertz CT molecular complexity index is 612. The molecule has 1 saturated heterocycles. The summed E-state index contributed by atoms with van der Waals surface area (Å²) in [5, 5.41) is 16.2. The highest BCUT2D eigenvalue weighted by Gasteiger charge is 2.23. The lowest BCUT2D eigenvalue weighted by Gasteiger charge is -2.23. The molecule has 5 nitrogen and oxygen atoms in total. The average Bonchev–Trinajstić information content (AvgIpc) is 2.38. The van der Waals surface area contributed by atoms with Gasteiger partial charge >= 0.3 is 0 Å². The van der Waals surface area contributed by atoms with Crippen molar-refractivity contribution in [1.29, 1.82) is 0 Å². The third kappa shape index (κ3) is 1.89. The first-order chi connectivity index (χ1) is 8.74. The SMILES string of the molecule is O=C1NCCNC1c1cnc2ccc(O)cc2c1. The largest absolute Gasteiger partial charge is 0.508 e. The van der Waals surface area contributed by atoms with Crippen LogP contribution in [-0.2, 0) is 4.79 Å². The zero-order valence-electron chi connectivity index (χ0n) is 9.68. The normalized spacial score (nSPS) is 19.8. The number of carbonyl (C=O) groups is 1. The monoisotopic (exact) mass is 243 g/mol. The molecular weight excluding hydrogens is 230 g/mol. The van der Waals surface area contributed by atoms with E-state index in [1.807, 2.05) is 6.07 Å². The number of aromatic nitrogens is 1. The van der Waals surface area contributed by atoms with Gasteiger partial charge in [0.05, 0.1) is 5.52 Å². The van der Waals surface area contributed by atoms with Crippen LogP contribution in [0.1, 0.15) is 11.6 Å². The number of carbonyl (C=O) groups excluding carboxylic acids is 1. The maximum absolute atomic E-state index is 11.7. The number of hydrogen-bond donors (Lipinski definition) is 3. The molecule has 0 saturated carbocycles. The summed E-state index contributed by atoms with van der Waals surface area (Å²) in [6, 6.07) is 6.51. The van der Waals surface area contributed by atoms with E-state index in [2.05, 4.69) is 15.6 Å². The second-order valence-corrected chi connectivity index (χ2v) is 4.32. The van der Waals surface area contributed by atoms with Gasteiger partial charge in [-0.2, -0.15) is 0 Å². The fraction of sp³-hybridized carbons (Fsp3) is 0.231. The molecule has 1 aromatic heterocycles. The molecule has 1 amide bonds. The topological polar surface area (TPSA) is 74.2 Å². The summed E-state index contributed by atoms with van der Waals surface area (Å²) in [6.45, 7) is 1.39. The minimum atomic E-state index is -0.363. The first-order valence-corrected chi connectivity index (χ1v) is 5.84. The molecule has 3 rings (SSSR count).